The van der Waals surface area contributed by atoms with E-state index >= 15 is 0 Å². The average molecular weight is 1160 g/mol. The van der Waals surface area contributed by atoms with Gasteiger partial charge in [-0.3, -0.25) is 4.79 Å². The van der Waals surface area contributed by atoms with E-state index in [-0.39, 0.29) is 12.5 Å². The summed E-state index contributed by atoms with van der Waals surface area (Å²) < 4.78 is 11.4. The summed E-state index contributed by atoms with van der Waals surface area (Å²) in [6.45, 7) is 3.92. The van der Waals surface area contributed by atoms with E-state index in [1.165, 1.54) is 340 Å². The lowest BCUT2D eigenvalue weighted by atomic mass is 9.99. The Kier molecular flexibility index (Phi) is 61.1. The maximum Gasteiger partial charge on any atom is 0.220 e. The maximum absolute atomic E-state index is 13.2. The summed E-state index contributed by atoms with van der Waals surface area (Å²) in [5.41, 5.74) is 0. The standard InChI is InChI=1S/C73H145NO8/c1-3-5-7-9-11-13-15-17-19-21-23-25-27-29-31-33-35-36-38-40-42-44-46-48-50-52-54-56-58-60-62-67(76)66(65-81-73-72(80)71(79)70(78)68(64-75)82-73)74-69(77)63-61-59-57-55-53-51-49-47-45-43-41-39-37-34-32-30-28-26-24-22-20-18-16-14-12-10-8-6-4-2/h66-68,70-73,75-76,78-80H,3-65H2,1-2H3,(H,74,77). The van der Waals surface area contributed by atoms with Crippen molar-refractivity contribution in [2.75, 3.05) is 13.2 Å². The summed E-state index contributed by atoms with van der Waals surface area (Å²) in [6.07, 6.45) is 73.4. The van der Waals surface area contributed by atoms with Gasteiger partial charge in [0.25, 0.3) is 0 Å². The van der Waals surface area contributed by atoms with Gasteiger partial charge in [0.05, 0.1) is 25.4 Å². The predicted molar refractivity (Wildman–Crippen MR) is 351 cm³/mol. The Morgan fingerprint density at radius 1 is 0.366 bits per heavy atom. The Balaban J connectivity index is 2.07. The minimum atomic E-state index is -1.55. The summed E-state index contributed by atoms with van der Waals surface area (Å²) in [5.74, 6) is -0.132. The monoisotopic (exact) mass is 1160 g/mol. The molecule has 490 valence electrons. The lowest BCUT2D eigenvalue weighted by Crippen LogP contribution is -2.60. The minimum Gasteiger partial charge on any atom is -0.394 e. The van der Waals surface area contributed by atoms with Crippen LogP contribution in [0.25, 0.3) is 0 Å². The largest absolute Gasteiger partial charge is 0.394 e. The summed E-state index contributed by atoms with van der Waals surface area (Å²) in [7, 11) is 0. The van der Waals surface area contributed by atoms with Crippen LogP contribution in [0.2, 0.25) is 0 Å². The molecule has 1 heterocycles. The highest BCUT2D eigenvalue weighted by Gasteiger charge is 2.44. The van der Waals surface area contributed by atoms with Crippen LogP contribution in [-0.4, -0.2) is 87.5 Å². The molecule has 0 saturated carbocycles. The summed E-state index contributed by atoms with van der Waals surface area (Å²) >= 11 is 0. The lowest BCUT2D eigenvalue weighted by molar-refractivity contribution is -0.302. The highest BCUT2D eigenvalue weighted by Crippen LogP contribution is 2.24. The van der Waals surface area contributed by atoms with Gasteiger partial charge in [0.15, 0.2) is 6.29 Å². The van der Waals surface area contributed by atoms with Crippen LogP contribution in [0, 0.1) is 0 Å². The SMILES string of the molecule is CCCCCCCCCCCCCCCCCCCCCCCCCCCCCCCCC(O)C(COC1OC(CO)C(O)C(O)C1O)NC(=O)CCCCCCCCCCCCCCCCCCCCCCCCCCCCCCC. The highest BCUT2D eigenvalue weighted by atomic mass is 16.7. The average Bonchev–Trinajstić information content (AvgIpc) is 3.52. The molecule has 1 saturated heterocycles. The topological polar surface area (TPSA) is 149 Å². The molecule has 9 heteroatoms. The van der Waals surface area contributed by atoms with Crippen LogP contribution in [0.15, 0.2) is 0 Å². The van der Waals surface area contributed by atoms with Gasteiger partial charge in [0.1, 0.15) is 24.4 Å². The van der Waals surface area contributed by atoms with Crippen LogP contribution in [0.3, 0.4) is 0 Å². The minimum absolute atomic E-state index is 0.130. The van der Waals surface area contributed by atoms with Crippen molar-refractivity contribution in [1.82, 2.24) is 5.32 Å². The third-order valence-corrected chi connectivity index (χ3v) is 18.5. The molecule has 1 aliphatic heterocycles. The third kappa shape index (κ3) is 51.3. The quantitative estimate of drug-likeness (QED) is 0.0330. The molecule has 1 aliphatic rings. The molecular weight excluding hydrogens is 1020 g/mol. The second-order valence-electron chi connectivity index (χ2n) is 26.5. The smallest absolute Gasteiger partial charge is 0.220 e. The number of carbonyl (C=O) groups excluding carboxylic acids is 1. The van der Waals surface area contributed by atoms with Gasteiger partial charge in [-0.2, -0.15) is 0 Å². The molecule has 0 aromatic rings. The fraction of sp³-hybridized carbons (Fsp3) is 0.986. The van der Waals surface area contributed by atoms with Gasteiger partial charge in [-0.15, -0.1) is 0 Å². The first-order valence-corrected chi connectivity index (χ1v) is 37.2. The van der Waals surface area contributed by atoms with Gasteiger partial charge in [-0.05, 0) is 12.8 Å². The lowest BCUT2D eigenvalue weighted by Gasteiger charge is -2.40. The van der Waals surface area contributed by atoms with Crippen molar-refractivity contribution in [3.05, 3.63) is 0 Å². The number of aliphatic hydroxyl groups is 5. The molecule has 7 unspecified atom stereocenters. The van der Waals surface area contributed by atoms with Crippen LogP contribution in [0.1, 0.15) is 406 Å². The first kappa shape index (κ1) is 79.2. The number of nitrogens with one attached hydrogen (secondary N) is 1. The fourth-order valence-electron chi connectivity index (χ4n) is 12.6. The number of ether oxygens (including phenoxy) is 2. The number of aliphatic hydroxyl groups excluding tert-OH is 5. The van der Waals surface area contributed by atoms with Gasteiger partial charge >= 0.3 is 0 Å². The number of unbranched alkanes of at least 4 members (excludes halogenated alkanes) is 57. The van der Waals surface area contributed by atoms with E-state index in [4.69, 9.17) is 9.47 Å². The predicted octanol–water partition coefficient (Wildman–Crippen LogP) is 20.5. The van der Waals surface area contributed by atoms with E-state index in [0.29, 0.717) is 12.8 Å². The summed E-state index contributed by atoms with van der Waals surface area (Å²) in [6, 6.07) is -0.716. The Morgan fingerprint density at radius 3 is 0.866 bits per heavy atom. The zero-order chi connectivity index (χ0) is 59.3. The van der Waals surface area contributed by atoms with Gasteiger partial charge in [0, 0.05) is 6.42 Å². The number of rotatable bonds is 67. The van der Waals surface area contributed by atoms with E-state index in [1.807, 2.05) is 0 Å². The van der Waals surface area contributed by atoms with Crippen LogP contribution in [0.5, 0.6) is 0 Å². The molecule has 0 aromatic heterocycles. The zero-order valence-electron chi connectivity index (χ0n) is 55.0. The molecule has 0 bridgehead atoms. The number of carbonyl (C=O) groups is 1. The van der Waals surface area contributed by atoms with E-state index in [2.05, 4.69) is 19.2 Å². The molecule has 82 heavy (non-hydrogen) atoms. The second-order valence-corrected chi connectivity index (χ2v) is 26.5. The molecule has 0 radical (unpaired) electrons. The molecule has 1 rings (SSSR count). The summed E-state index contributed by atoms with van der Waals surface area (Å²) in [5, 5.41) is 55.0. The van der Waals surface area contributed by atoms with E-state index in [9.17, 15) is 30.3 Å². The molecule has 1 amide bonds. The van der Waals surface area contributed by atoms with E-state index in [1.54, 1.807) is 0 Å². The van der Waals surface area contributed by atoms with E-state index < -0.39 is 49.5 Å². The molecule has 0 spiro atoms. The van der Waals surface area contributed by atoms with Crippen molar-refractivity contribution in [3.8, 4) is 0 Å². The molecule has 9 nitrogen and oxygen atoms in total. The van der Waals surface area contributed by atoms with Crippen molar-refractivity contribution >= 4 is 5.91 Å². The number of amides is 1. The van der Waals surface area contributed by atoms with Gasteiger partial charge in [-0.25, -0.2) is 0 Å². The molecule has 6 N–H and O–H groups in total. The van der Waals surface area contributed by atoms with Gasteiger partial charge in [-0.1, -0.05) is 386 Å². The number of hydrogen-bond acceptors (Lipinski definition) is 8. The van der Waals surface area contributed by atoms with Crippen LogP contribution in [-0.2, 0) is 14.3 Å². The second kappa shape index (κ2) is 63.2. The van der Waals surface area contributed by atoms with Crippen LogP contribution < -0.4 is 5.32 Å². The van der Waals surface area contributed by atoms with Gasteiger partial charge in [0.2, 0.25) is 5.91 Å². The Bertz CT molecular complexity index is 1260. The normalized spacial score (nSPS) is 18.2. The Hall–Kier alpha value is -0.810. The number of hydrogen-bond donors (Lipinski definition) is 6. The Labute approximate surface area is 510 Å². The van der Waals surface area contributed by atoms with Crippen molar-refractivity contribution in [1.29, 1.82) is 0 Å². The molecule has 1 fully saturated rings. The highest BCUT2D eigenvalue weighted by molar-refractivity contribution is 5.76. The fourth-order valence-corrected chi connectivity index (χ4v) is 12.6. The van der Waals surface area contributed by atoms with Crippen LogP contribution in [0.4, 0.5) is 0 Å². The van der Waals surface area contributed by atoms with Gasteiger partial charge < -0.3 is 40.3 Å². The Morgan fingerprint density at radius 2 is 0.610 bits per heavy atom. The van der Waals surface area contributed by atoms with Crippen molar-refractivity contribution in [2.45, 2.75) is 448 Å². The molecule has 0 aromatic carbocycles. The molecular formula is C73H145NO8. The first-order chi connectivity index (χ1) is 40.3. The third-order valence-electron chi connectivity index (χ3n) is 18.5. The van der Waals surface area contributed by atoms with Crippen molar-refractivity contribution in [3.63, 3.8) is 0 Å². The zero-order valence-corrected chi connectivity index (χ0v) is 55.0. The molecule has 7 atom stereocenters. The maximum atomic E-state index is 13.2. The van der Waals surface area contributed by atoms with Crippen molar-refractivity contribution < 1.29 is 39.8 Å². The van der Waals surface area contributed by atoms with Crippen LogP contribution >= 0.6 is 0 Å². The van der Waals surface area contributed by atoms with E-state index in [0.717, 1.165) is 38.5 Å². The first-order valence-electron chi connectivity index (χ1n) is 37.2. The molecule has 0 aliphatic carbocycles. The van der Waals surface area contributed by atoms with Crippen molar-refractivity contribution in [2.24, 2.45) is 0 Å². The summed E-state index contributed by atoms with van der Waals surface area (Å²) in [4.78, 5) is 13.2.